The number of nitrogens with two attached hydrogens (primary N) is 1. The van der Waals surface area contributed by atoms with Crippen LogP contribution in [-0.4, -0.2) is 19.5 Å². The number of ether oxygens (including phenoxy) is 1. The van der Waals surface area contributed by atoms with E-state index in [1.807, 2.05) is 0 Å². The zero-order chi connectivity index (χ0) is 15.6. The molecule has 0 aliphatic rings. The normalized spacial score (nSPS) is 11.1. The first-order valence-corrected chi connectivity index (χ1v) is 7.54. The van der Waals surface area contributed by atoms with E-state index in [0.29, 0.717) is 5.75 Å². The van der Waals surface area contributed by atoms with Crippen LogP contribution in [0.1, 0.15) is 10.4 Å². The smallest absolute Gasteiger partial charge is 0.337 e. The van der Waals surface area contributed by atoms with Gasteiger partial charge in [0.25, 0.3) is 0 Å². The summed E-state index contributed by atoms with van der Waals surface area (Å²) in [7, 11) is -4.17. The quantitative estimate of drug-likeness (QED) is 0.897. The van der Waals surface area contributed by atoms with Crippen molar-refractivity contribution in [2.75, 3.05) is 0 Å². The van der Waals surface area contributed by atoms with Gasteiger partial charge in [-0.05, 0) is 18.2 Å². The molecule has 0 bridgehead atoms. The van der Waals surface area contributed by atoms with Crippen LogP contribution >= 0.6 is 11.6 Å². The Morgan fingerprint density at radius 2 is 1.81 bits per heavy atom. The molecular formula is C13H10ClNO5S. The van der Waals surface area contributed by atoms with E-state index in [4.69, 9.17) is 26.6 Å². The van der Waals surface area contributed by atoms with Crippen LogP contribution < -0.4 is 9.88 Å². The molecule has 21 heavy (non-hydrogen) atoms. The van der Waals surface area contributed by atoms with Gasteiger partial charge in [-0.15, -0.1) is 0 Å². The van der Waals surface area contributed by atoms with E-state index in [0.717, 1.165) is 12.1 Å². The monoisotopic (exact) mass is 327 g/mol. The van der Waals surface area contributed by atoms with Crippen LogP contribution in [-0.2, 0) is 10.0 Å². The SMILES string of the molecule is NS(=O)(=O)c1cc(C(=O)O)c(Cl)cc1Oc1ccccc1. The fraction of sp³-hybridized carbons (Fsp3) is 0. The molecule has 0 amide bonds. The van der Waals surface area contributed by atoms with E-state index in [1.54, 1.807) is 30.3 Å². The second-order valence-corrected chi connectivity index (χ2v) is 5.98. The number of carboxylic acid groups (broad SMARTS) is 1. The van der Waals surface area contributed by atoms with Crippen LogP contribution in [0.5, 0.6) is 11.5 Å². The number of primary sulfonamides is 1. The molecule has 0 fully saturated rings. The zero-order valence-corrected chi connectivity index (χ0v) is 12.1. The van der Waals surface area contributed by atoms with E-state index < -0.39 is 20.9 Å². The third-order valence-electron chi connectivity index (χ3n) is 2.54. The molecule has 6 nitrogen and oxygen atoms in total. The van der Waals surface area contributed by atoms with Gasteiger partial charge in [0.15, 0.2) is 0 Å². The molecule has 0 unspecified atom stereocenters. The summed E-state index contributed by atoms with van der Waals surface area (Å²) in [5.41, 5.74) is -0.374. The zero-order valence-electron chi connectivity index (χ0n) is 10.5. The predicted molar refractivity (Wildman–Crippen MR) is 76.3 cm³/mol. The van der Waals surface area contributed by atoms with Gasteiger partial charge in [-0.25, -0.2) is 18.4 Å². The Hall–Kier alpha value is -2.09. The van der Waals surface area contributed by atoms with Crippen LogP contribution in [0.3, 0.4) is 0 Å². The summed E-state index contributed by atoms with van der Waals surface area (Å²) in [5, 5.41) is 13.9. The molecule has 0 radical (unpaired) electrons. The van der Waals surface area contributed by atoms with Gasteiger partial charge in [0.2, 0.25) is 10.0 Å². The van der Waals surface area contributed by atoms with Crippen molar-refractivity contribution in [1.29, 1.82) is 0 Å². The molecule has 0 aliphatic carbocycles. The Morgan fingerprint density at radius 3 is 2.33 bits per heavy atom. The number of sulfonamides is 1. The summed E-state index contributed by atoms with van der Waals surface area (Å²) >= 11 is 5.82. The van der Waals surface area contributed by atoms with Crippen LogP contribution in [0, 0.1) is 0 Å². The van der Waals surface area contributed by atoms with Gasteiger partial charge in [-0.1, -0.05) is 29.8 Å². The van der Waals surface area contributed by atoms with Crippen molar-refractivity contribution in [3.8, 4) is 11.5 Å². The average Bonchev–Trinajstić information content (AvgIpc) is 2.38. The van der Waals surface area contributed by atoms with Gasteiger partial charge < -0.3 is 9.84 Å². The molecule has 0 saturated heterocycles. The summed E-state index contributed by atoms with van der Waals surface area (Å²) in [5.74, 6) is -1.14. The number of aromatic carboxylic acids is 1. The molecule has 8 heteroatoms. The Morgan fingerprint density at radius 1 is 1.19 bits per heavy atom. The van der Waals surface area contributed by atoms with E-state index in [9.17, 15) is 13.2 Å². The topological polar surface area (TPSA) is 107 Å². The third-order valence-corrected chi connectivity index (χ3v) is 3.79. The van der Waals surface area contributed by atoms with Crippen LogP contribution in [0.15, 0.2) is 47.4 Å². The second-order valence-electron chi connectivity index (χ2n) is 4.04. The van der Waals surface area contributed by atoms with E-state index in [-0.39, 0.29) is 16.3 Å². The van der Waals surface area contributed by atoms with Crippen LogP contribution in [0.25, 0.3) is 0 Å². The fourth-order valence-corrected chi connectivity index (χ4v) is 2.51. The van der Waals surface area contributed by atoms with Crippen molar-refractivity contribution in [1.82, 2.24) is 0 Å². The summed E-state index contributed by atoms with van der Waals surface area (Å²) in [6.07, 6.45) is 0. The summed E-state index contributed by atoms with van der Waals surface area (Å²) in [6.45, 7) is 0. The molecule has 110 valence electrons. The number of halogens is 1. The number of benzene rings is 2. The first-order valence-electron chi connectivity index (χ1n) is 5.61. The van der Waals surface area contributed by atoms with E-state index in [2.05, 4.69) is 0 Å². The largest absolute Gasteiger partial charge is 0.478 e. The highest BCUT2D eigenvalue weighted by Gasteiger charge is 2.21. The van der Waals surface area contributed by atoms with Crippen LogP contribution in [0.4, 0.5) is 0 Å². The lowest BCUT2D eigenvalue weighted by atomic mass is 10.2. The molecule has 0 aromatic heterocycles. The van der Waals surface area contributed by atoms with Gasteiger partial charge in [-0.2, -0.15) is 0 Å². The van der Waals surface area contributed by atoms with Crippen molar-refractivity contribution in [2.24, 2.45) is 5.14 Å². The number of rotatable bonds is 4. The maximum absolute atomic E-state index is 11.6. The van der Waals surface area contributed by atoms with E-state index in [1.165, 1.54) is 0 Å². The highest BCUT2D eigenvalue weighted by molar-refractivity contribution is 7.89. The lowest BCUT2D eigenvalue weighted by Crippen LogP contribution is -2.14. The molecule has 3 N–H and O–H groups in total. The molecule has 2 rings (SSSR count). The molecule has 0 spiro atoms. The molecule has 2 aromatic rings. The summed E-state index contributed by atoms with van der Waals surface area (Å²) < 4.78 is 28.6. The molecule has 0 atom stereocenters. The van der Waals surface area contributed by atoms with Crippen molar-refractivity contribution in [3.63, 3.8) is 0 Å². The minimum Gasteiger partial charge on any atom is -0.478 e. The number of carboxylic acids is 1. The maximum atomic E-state index is 11.6. The van der Waals surface area contributed by atoms with Gasteiger partial charge in [0.1, 0.15) is 16.4 Å². The standard InChI is InChI=1S/C13H10ClNO5S/c14-10-7-11(20-8-4-2-1-3-5-8)12(21(15,18)19)6-9(10)13(16)17/h1-7H,(H,16,17)(H2,15,18,19). The third kappa shape index (κ3) is 3.52. The minimum atomic E-state index is -4.17. The number of hydrogen-bond acceptors (Lipinski definition) is 4. The molecule has 0 aliphatic heterocycles. The Labute approximate surface area is 125 Å². The van der Waals surface area contributed by atoms with Gasteiger partial charge >= 0.3 is 5.97 Å². The van der Waals surface area contributed by atoms with Crippen molar-refractivity contribution < 1.29 is 23.1 Å². The molecule has 0 heterocycles. The first-order chi connectivity index (χ1) is 9.79. The van der Waals surface area contributed by atoms with Gasteiger partial charge in [0, 0.05) is 6.07 Å². The molecule has 2 aromatic carbocycles. The highest BCUT2D eigenvalue weighted by atomic mass is 35.5. The minimum absolute atomic E-state index is 0.140. The molecular weight excluding hydrogens is 318 g/mol. The summed E-state index contributed by atoms with van der Waals surface area (Å²) in [6, 6.07) is 10.3. The van der Waals surface area contributed by atoms with Gasteiger partial charge in [0.05, 0.1) is 10.6 Å². The lowest BCUT2D eigenvalue weighted by Gasteiger charge is -2.11. The lowest BCUT2D eigenvalue weighted by molar-refractivity contribution is 0.0697. The molecule has 0 saturated carbocycles. The number of carbonyl (C=O) groups is 1. The van der Waals surface area contributed by atoms with Gasteiger partial charge in [-0.3, -0.25) is 0 Å². The Bertz CT molecular complexity index is 790. The summed E-state index contributed by atoms with van der Waals surface area (Å²) in [4.78, 5) is 10.6. The van der Waals surface area contributed by atoms with Crippen molar-refractivity contribution >= 4 is 27.6 Å². The van der Waals surface area contributed by atoms with Crippen molar-refractivity contribution in [2.45, 2.75) is 4.90 Å². The van der Waals surface area contributed by atoms with Crippen LogP contribution in [0.2, 0.25) is 5.02 Å². The predicted octanol–water partition coefficient (Wildman–Crippen LogP) is 2.48. The fourth-order valence-electron chi connectivity index (χ4n) is 1.62. The average molecular weight is 328 g/mol. The highest BCUT2D eigenvalue weighted by Crippen LogP contribution is 2.33. The Balaban J connectivity index is 2.59. The van der Waals surface area contributed by atoms with E-state index >= 15 is 0 Å². The number of para-hydroxylation sites is 1. The maximum Gasteiger partial charge on any atom is 0.337 e. The first kappa shape index (κ1) is 15.3. The number of hydrogen-bond donors (Lipinski definition) is 2. The Kier molecular flexibility index (Phi) is 4.17. The van der Waals surface area contributed by atoms with Crippen molar-refractivity contribution in [3.05, 3.63) is 53.1 Å². The second kappa shape index (κ2) is 5.72.